The first-order valence-electron chi connectivity index (χ1n) is 11.8. The predicted molar refractivity (Wildman–Crippen MR) is 143 cm³/mol. The number of carbonyl (C=O) groups is 2. The van der Waals surface area contributed by atoms with Crippen LogP contribution in [0.2, 0.25) is 5.02 Å². The van der Waals surface area contributed by atoms with E-state index in [4.69, 9.17) is 27.1 Å². The van der Waals surface area contributed by atoms with Crippen LogP contribution >= 0.6 is 11.6 Å². The Balaban J connectivity index is 1.73. The molecule has 3 aromatic rings. The summed E-state index contributed by atoms with van der Waals surface area (Å²) in [6.45, 7) is 1.97. The average molecular weight is 505 g/mol. The van der Waals surface area contributed by atoms with Gasteiger partial charge in [-0.15, -0.1) is 0 Å². The van der Waals surface area contributed by atoms with Gasteiger partial charge in [0.25, 0.3) is 11.8 Å². The van der Waals surface area contributed by atoms with Crippen LogP contribution in [-0.4, -0.2) is 37.5 Å². The molecule has 0 saturated heterocycles. The number of hydrogen-bond donors (Lipinski definition) is 3. The number of nitrogens with zero attached hydrogens (tertiary/aromatic N) is 1. The summed E-state index contributed by atoms with van der Waals surface area (Å²) in [6.07, 6.45) is 4.45. The van der Waals surface area contributed by atoms with Crippen LogP contribution in [0.4, 0.5) is 5.69 Å². The van der Waals surface area contributed by atoms with Crippen molar-refractivity contribution in [3.8, 4) is 28.3 Å². The molecule has 1 heterocycles. The van der Waals surface area contributed by atoms with Crippen LogP contribution < -0.4 is 21.1 Å². The number of ether oxygens (including phenoxy) is 1. The lowest BCUT2D eigenvalue weighted by Gasteiger charge is -2.16. The summed E-state index contributed by atoms with van der Waals surface area (Å²) in [5, 5.41) is 5.86. The molecule has 4 N–H and O–H groups in total. The lowest BCUT2D eigenvalue weighted by Crippen LogP contribution is -2.29. The van der Waals surface area contributed by atoms with Crippen molar-refractivity contribution in [3.63, 3.8) is 0 Å². The highest BCUT2D eigenvalue weighted by molar-refractivity contribution is 6.36. The second kappa shape index (κ2) is 10.9. The number of methoxy groups -OCH3 is 1. The normalized spacial score (nSPS) is 12.8. The van der Waals surface area contributed by atoms with Crippen molar-refractivity contribution in [2.45, 2.75) is 26.2 Å². The Labute approximate surface area is 215 Å². The molecule has 2 aromatic carbocycles. The molecule has 0 atom stereocenters. The van der Waals surface area contributed by atoms with E-state index in [9.17, 15) is 9.59 Å². The van der Waals surface area contributed by atoms with E-state index in [1.807, 2.05) is 37.3 Å². The third-order valence-electron chi connectivity index (χ3n) is 6.43. The number of benzene rings is 2. The number of rotatable bonds is 7. The minimum absolute atomic E-state index is 0.0403. The number of carbonyl (C=O) groups excluding carboxylic acids is 2. The minimum atomic E-state index is -0.533. The monoisotopic (exact) mass is 504 g/mol. The van der Waals surface area contributed by atoms with E-state index in [1.54, 1.807) is 13.2 Å². The number of likely N-dealkylation sites (N-methyl/N-ethyl adjacent to an activating group) is 1. The van der Waals surface area contributed by atoms with Crippen LogP contribution in [-0.2, 0) is 22.4 Å². The number of pyridine rings is 1. The van der Waals surface area contributed by atoms with Crippen LogP contribution in [0.1, 0.15) is 23.1 Å². The number of fused-ring (bicyclic) bond motifs is 1. The second-order valence-corrected chi connectivity index (χ2v) is 8.92. The highest BCUT2D eigenvalue weighted by atomic mass is 35.5. The zero-order chi connectivity index (χ0) is 25.8. The number of nitrogens with two attached hydrogens (primary N) is 1. The smallest absolute Gasteiger partial charge is 0.260 e. The van der Waals surface area contributed by atoms with Gasteiger partial charge < -0.3 is 21.1 Å². The Hall–Kier alpha value is -3.68. The van der Waals surface area contributed by atoms with Gasteiger partial charge >= 0.3 is 0 Å². The number of aromatic nitrogens is 1. The second-order valence-electron chi connectivity index (χ2n) is 8.54. The maximum absolute atomic E-state index is 12.8. The van der Waals surface area contributed by atoms with Crippen molar-refractivity contribution >= 4 is 29.1 Å². The van der Waals surface area contributed by atoms with Crippen LogP contribution in [0, 0.1) is 6.92 Å². The summed E-state index contributed by atoms with van der Waals surface area (Å²) in [5.41, 5.74) is 12.6. The van der Waals surface area contributed by atoms with E-state index in [0.717, 1.165) is 47.2 Å². The molecule has 1 aliphatic rings. The van der Waals surface area contributed by atoms with Gasteiger partial charge in [0.05, 0.1) is 17.8 Å². The molecule has 4 rings (SSSR count). The Bertz CT molecular complexity index is 1370. The van der Waals surface area contributed by atoms with Gasteiger partial charge in [0, 0.05) is 36.0 Å². The molecule has 0 bridgehead atoms. The molecule has 36 heavy (non-hydrogen) atoms. The fraction of sp³-hybridized carbons (Fsp3) is 0.250. The van der Waals surface area contributed by atoms with Crippen molar-refractivity contribution < 1.29 is 14.3 Å². The molecule has 7 nitrogen and oxygen atoms in total. The molecule has 0 saturated carbocycles. The number of aryl methyl sites for hydroxylation is 1. The third-order valence-corrected chi connectivity index (χ3v) is 6.84. The highest BCUT2D eigenvalue weighted by Gasteiger charge is 2.22. The van der Waals surface area contributed by atoms with Crippen molar-refractivity contribution in [1.29, 1.82) is 0 Å². The fourth-order valence-corrected chi connectivity index (χ4v) is 4.91. The maximum Gasteiger partial charge on any atom is 0.260 e. The summed E-state index contributed by atoms with van der Waals surface area (Å²) >= 11 is 6.96. The van der Waals surface area contributed by atoms with Crippen molar-refractivity contribution in [2.24, 2.45) is 5.73 Å². The van der Waals surface area contributed by atoms with Gasteiger partial charge in [0.1, 0.15) is 5.57 Å². The summed E-state index contributed by atoms with van der Waals surface area (Å²) in [7, 11) is 3.11. The molecule has 1 aliphatic carbocycles. The van der Waals surface area contributed by atoms with E-state index in [0.29, 0.717) is 16.6 Å². The van der Waals surface area contributed by atoms with Gasteiger partial charge in [-0.2, -0.15) is 0 Å². The Morgan fingerprint density at radius 2 is 1.83 bits per heavy atom. The van der Waals surface area contributed by atoms with E-state index in [1.165, 1.54) is 24.3 Å². The zero-order valence-electron chi connectivity index (χ0n) is 20.6. The summed E-state index contributed by atoms with van der Waals surface area (Å²) in [5.74, 6) is -0.381. The lowest BCUT2D eigenvalue weighted by molar-refractivity contribution is -0.121. The standard InChI is InChI=1S/C28H29ClN4O3/c1-16-18(8-6-12-23(16)32-27(35)22(13-14-30)26(34)31-2)20-10-5-11-21(25(20)29)24-15-17-7-4-9-19(17)28(33-24)36-3/h5-6,8,10-13,15H,4,7,9,14,30H2,1-3H3,(H,31,34)(H,32,35)/b22-13+. The van der Waals surface area contributed by atoms with Gasteiger partial charge in [-0.25, -0.2) is 4.98 Å². The highest BCUT2D eigenvalue weighted by Crippen LogP contribution is 2.40. The van der Waals surface area contributed by atoms with E-state index >= 15 is 0 Å². The predicted octanol–water partition coefficient (Wildman–Crippen LogP) is 4.44. The van der Waals surface area contributed by atoms with E-state index in [-0.39, 0.29) is 12.1 Å². The van der Waals surface area contributed by atoms with Crippen LogP contribution in [0.15, 0.2) is 54.1 Å². The Morgan fingerprint density at radius 1 is 1.11 bits per heavy atom. The lowest BCUT2D eigenvalue weighted by atomic mass is 9.96. The van der Waals surface area contributed by atoms with Crippen molar-refractivity contribution in [2.75, 3.05) is 26.0 Å². The number of nitrogens with one attached hydrogen (secondary N) is 2. The van der Waals surface area contributed by atoms with Gasteiger partial charge in [-0.1, -0.05) is 48.0 Å². The van der Waals surface area contributed by atoms with Gasteiger partial charge in [0.15, 0.2) is 0 Å². The Morgan fingerprint density at radius 3 is 2.56 bits per heavy atom. The molecule has 8 heteroatoms. The number of anilines is 1. The van der Waals surface area contributed by atoms with Gasteiger partial charge in [-0.3, -0.25) is 9.59 Å². The van der Waals surface area contributed by atoms with Gasteiger partial charge in [0.2, 0.25) is 5.88 Å². The molecule has 1 aromatic heterocycles. The molecular weight excluding hydrogens is 476 g/mol. The molecule has 186 valence electrons. The van der Waals surface area contributed by atoms with E-state index < -0.39 is 11.8 Å². The van der Waals surface area contributed by atoms with E-state index in [2.05, 4.69) is 16.7 Å². The first kappa shape index (κ1) is 25.4. The summed E-state index contributed by atoms with van der Waals surface area (Å²) < 4.78 is 5.57. The zero-order valence-corrected chi connectivity index (χ0v) is 21.3. The number of halogens is 1. The van der Waals surface area contributed by atoms with Crippen LogP contribution in [0.25, 0.3) is 22.4 Å². The average Bonchev–Trinajstić information content (AvgIpc) is 3.36. The molecule has 2 amide bonds. The SMILES string of the molecule is CNC(=O)/C(=C\CN)C(=O)Nc1cccc(-c2cccc(-c3cc4c(c(OC)n3)CCC4)c2Cl)c1C. The number of amides is 2. The molecule has 0 unspecified atom stereocenters. The largest absolute Gasteiger partial charge is 0.481 e. The fourth-order valence-electron chi connectivity index (χ4n) is 4.58. The molecule has 0 aliphatic heterocycles. The van der Waals surface area contributed by atoms with Crippen LogP contribution in [0.3, 0.4) is 0 Å². The summed E-state index contributed by atoms with van der Waals surface area (Å²) in [6, 6.07) is 13.5. The third kappa shape index (κ3) is 4.85. The first-order valence-corrected chi connectivity index (χ1v) is 12.2. The minimum Gasteiger partial charge on any atom is -0.481 e. The quantitative estimate of drug-likeness (QED) is 0.250. The van der Waals surface area contributed by atoms with Crippen molar-refractivity contribution in [3.05, 3.63) is 75.8 Å². The molecule has 0 spiro atoms. The molecule has 0 radical (unpaired) electrons. The van der Waals surface area contributed by atoms with Gasteiger partial charge in [-0.05, 0) is 55.0 Å². The molecule has 0 fully saturated rings. The topological polar surface area (TPSA) is 106 Å². The summed E-state index contributed by atoms with van der Waals surface area (Å²) in [4.78, 5) is 29.7. The number of hydrogen-bond acceptors (Lipinski definition) is 5. The molecular formula is C28H29ClN4O3. The van der Waals surface area contributed by atoms with Crippen molar-refractivity contribution in [1.82, 2.24) is 10.3 Å². The van der Waals surface area contributed by atoms with Crippen LogP contribution in [0.5, 0.6) is 5.88 Å². The maximum atomic E-state index is 12.8. The first-order chi connectivity index (χ1) is 17.4. The Kier molecular flexibility index (Phi) is 7.72.